The number of rotatable bonds is 0. The lowest BCUT2D eigenvalue weighted by molar-refractivity contribution is -0.822. The van der Waals surface area contributed by atoms with E-state index in [4.69, 9.17) is 0 Å². The molecule has 3 heterocycles. The van der Waals surface area contributed by atoms with Crippen LogP contribution in [0.1, 0.15) is 65.1 Å². The van der Waals surface area contributed by atoms with E-state index in [-0.39, 0.29) is 11.1 Å². The average molecular weight is 221 g/mol. The summed E-state index contributed by atoms with van der Waals surface area (Å²) in [6.07, 6.45) is 5.01. The van der Waals surface area contributed by atoms with Crippen LogP contribution < -0.4 is 4.68 Å². The maximum Gasteiger partial charge on any atom is 0.261 e. The van der Waals surface area contributed by atoms with Crippen LogP contribution in [0.2, 0.25) is 0 Å². The van der Waals surface area contributed by atoms with Gasteiger partial charge in [-0.05, 0) is 53.4 Å². The van der Waals surface area contributed by atoms with Crippen LogP contribution in [0, 0.1) is 0 Å². The van der Waals surface area contributed by atoms with Crippen LogP contribution in [0.15, 0.2) is 0 Å². The van der Waals surface area contributed by atoms with Crippen LogP contribution >= 0.6 is 0 Å². The zero-order valence-corrected chi connectivity index (χ0v) is 10.7. The fraction of sp³-hybridized carbons (Fsp3) is 0.917. The molecule has 88 valence electrons. The normalized spacial score (nSPS) is 29.9. The molecule has 2 aliphatic heterocycles. The molecule has 4 heteroatoms. The zero-order chi connectivity index (χ0) is 11.6. The summed E-state index contributed by atoms with van der Waals surface area (Å²) in [7, 11) is 0. The Morgan fingerprint density at radius 1 is 1.19 bits per heavy atom. The summed E-state index contributed by atoms with van der Waals surface area (Å²) in [5, 5.41) is 8.79. The number of tetrazole rings is 1. The van der Waals surface area contributed by atoms with E-state index in [1.807, 2.05) is 0 Å². The standard InChI is InChI=1S/C12H21N4/c1-11(2)7-5-9-6-8-12(3,4)16-10(9)15(11)13-14-16/h9H,5-8H2,1-4H3/q+1. The van der Waals surface area contributed by atoms with Crippen molar-refractivity contribution in [3.63, 3.8) is 0 Å². The molecular formula is C12H21N4+. The molecule has 0 aliphatic carbocycles. The highest BCUT2D eigenvalue weighted by Crippen LogP contribution is 2.41. The van der Waals surface area contributed by atoms with Gasteiger partial charge in [-0.15, -0.1) is 4.68 Å². The summed E-state index contributed by atoms with van der Waals surface area (Å²) >= 11 is 0. The first kappa shape index (κ1) is 10.2. The zero-order valence-electron chi connectivity index (χ0n) is 10.7. The van der Waals surface area contributed by atoms with Crippen LogP contribution in [-0.4, -0.2) is 15.1 Å². The van der Waals surface area contributed by atoms with Gasteiger partial charge < -0.3 is 0 Å². The molecule has 0 radical (unpaired) electrons. The molecule has 2 aliphatic rings. The molecule has 0 bridgehead atoms. The van der Waals surface area contributed by atoms with Crippen molar-refractivity contribution in [3.05, 3.63) is 5.82 Å². The largest absolute Gasteiger partial charge is 0.261 e. The lowest BCUT2D eigenvalue weighted by atomic mass is 9.79. The van der Waals surface area contributed by atoms with E-state index < -0.39 is 0 Å². The van der Waals surface area contributed by atoms with Gasteiger partial charge in [0.15, 0.2) is 5.21 Å². The molecule has 0 saturated carbocycles. The van der Waals surface area contributed by atoms with Crippen molar-refractivity contribution < 1.29 is 4.68 Å². The summed E-state index contributed by atoms with van der Waals surface area (Å²) in [5.74, 6) is 2.03. The van der Waals surface area contributed by atoms with Crippen molar-refractivity contribution in [2.45, 2.75) is 70.4 Å². The van der Waals surface area contributed by atoms with E-state index in [0.29, 0.717) is 5.92 Å². The van der Waals surface area contributed by atoms with Gasteiger partial charge in [0.25, 0.3) is 5.82 Å². The highest BCUT2D eigenvalue weighted by molar-refractivity contribution is 5.01. The van der Waals surface area contributed by atoms with Crippen molar-refractivity contribution in [2.75, 3.05) is 0 Å². The van der Waals surface area contributed by atoms with Crippen LogP contribution in [0.4, 0.5) is 0 Å². The molecule has 4 nitrogen and oxygen atoms in total. The fourth-order valence-electron chi connectivity index (χ4n) is 3.14. The minimum atomic E-state index is 0.136. The summed E-state index contributed by atoms with van der Waals surface area (Å²) in [6, 6.07) is 0. The monoisotopic (exact) mass is 221 g/mol. The van der Waals surface area contributed by atoms with Gasteiger partial charge in [-0.2, -0.15) is 0 Å². The van der Waals surface area contributed by atoms with Crippen LogP contribution in [0.3, 0.4) is 0 Å². The first-order valence-corrected chi connectivity index (χ1v) is 6.31. The van der Waals surface area contributed by atoms with E-state index >= 15 is 0 Å². The van der Waals surface area contributed by atoms with Crippen molar-refractivity contribution in [1.29, 1.82) is 0 Å². The van der Waals surface area contributed by atoms with Crippen LogP contribution in [0.5, 0.6) is 0 Å². The summed E-state index contributed by atoms with van der Waals surface area (Å²) in [4.78, 5) is 0. The molecule has 1 aromatic rings. The van der Waals surface area contributed by atoms with Gasteiger partial charge in [-0.25, -0.2) is 0 Å². The Morgan fingerprint density at radius 3 is 2.62 bits per heavy atom. The molecule has 0 amide bonds. The van der Waals surface area contributed by atoms with Crippen LogP contribution in [0.25, 0.3) is 0 Å². The molecule has 0 atom stereocenters. The Balaban J connectivity index is 2.21. The molecule has 0 fully saturated rings. The fourth-order valence-corrected chi connectivity index (χ4v) is 3.14. The Bertz CT molecular complexity index is 393. The molecule has 3 rings (SSSR count). The second kappa shape index (κ2) is 2.84. The lowest BCUT2D eigenvalue weighted by Gasteiger charge is -2.35. The maximum absolute atomic E-state index is 4.40. The summed E-state index contributed by atoms with van der Waals surface area (Å²) in [5.41, 5.74) is 0.273. The van der Waals surface area contributed by atoms with E-state index in [9.17, 15) is 0 Å². The summed E-state index contributed by atoms with van der Waals surface area (Å²) in [6.45, 7) is 9.06. The van der Waals surface area contributed by atoms with Gasteiger partial charge in [0.2, 0.25) is 0 Å². The summed E-state index contributed by atoms with van der Waals surface area (Å²) < 4.78 is 4.34. The topological polar surface area (TPSA) is 34.6 Å². The molecule has 0 spiro atoms. The first-order valence-electron chi connectivity index (χ1n) is 6.31. The number of hydrogen-bond acceptors (Lipinski definition) is 2. The second-order valence-corrected chi connectivity index (χ2v) is 6.56. The quantitative estimate of drug-likeness (QED) is 0.625. The SMILES string of the molecule is CC1(C)CCC2CCC(C)(C)[n+]3nnn1c32. The first-order chi connectivity index (χ1) is 7.42. The molecule has 1 aromatic heterocycles. The predicted octanol–water partition coefficient (Wildman–Crippen LogP) is 1.71. The smallest absolute Gasteiger partial charge is 0.131 e. The van der Waals surface area contributed by atoms with Crippen molar-refractivity contribution in [3.8, 4) is 0 Å². The highest BCUT2D eigenvalue weighted by Gasteiger charge is 2.49. The van der Waals surface area contributed by atoms with E-state index in [2.05, 4.69) is 47.5 Å². The lowest BCUT2D eigenvalue weighted by Crippen LogP contribution is -2.61. The van der Waals surface area contributed by atoms with Crippen molar-refractivity contribution in [1.82, 2.24) is 15.1 Å². The van der Waals surface area contributed by atoms with E-state index in [1.165, 1.54) is 31.5 Å². The molecular weight excluding hydrogens is 200 g/mol. The van der Waals surface area contributed by atoms with Gasteiger partial charge >= 0.3 is 0 Å². The molecule has 16 heavy (non-hydrogen) atoms. The third kappa shape index (κ3) is 1.19. The molecule has 0 N–H and O–H groups in total. The third-order valence-electron chi connectivity index (χ3n) is 4.37. The Morgan fingerprint density at radius 2 is 1.88 bits per heavy atom. The second-order valence-electron chi connectivity index (χ2n) is 6.56. The maximum atomic E-state index is 4.40. The van der Waals surface area contributed by atoms with E-state index in [1.54, 1.807) is 0 Å². The Labute approximate surface area is 96.6 Å². The molecule has 0 unspecified atom stereocenters. The van der Waals surface area contributed by atoms with Gasteiger partial charge in [0, 0.05) is 0 Å². The highest BCUT2D eigenvalue weighted by atomic mass is 15.6. The predicted molar refractivity (Wildman–Crippen MR) is 60.1 cm³/mol. The van der Waals surface area contributed by atoms with Crippen LogP contribution in [-0.2, 0) is 11.1 Å². The third-order valence-corrected chi connectivity index (χ3v) is 4.37. The number of aromatic nitrogens is 4. The van der Waals surface area contributed by atoms with Gasteiger partial charge in [0.1, 0.15) is 16.3 Å². The van der Waals surface area contributed by atoms with Crippen molar-refractivity contribution in [2.24, 2.45) is 0 Å². The van der Waals surface area contributed by atoms with E-state index in [0.717, 1.165) is 0 Å². The molecule has 0 aromatic carbocycles. The van der Waals surface area contributed by atoms with Gasteiger partial charge in [-0.1, -0.05) is 4.68 Å². The Hall–Kier alpha value is -0.930. The minimum absolute atomic E-state index is 0.136. The molecule has 0 saturated heterocycles. The number of nitrogens with zero attached hydrogens (tertiary/aromatic N) is 4. The number of hydrogen-bond donors (Lipinski definition) is 0. The van der Waals surface area contributed by atoms with Gasteiger partial charge in [-0.3, -0.25) is 0 Å². The minimum Gasteiger partial charge on any atom is -0.131 e. The van der Waals surface area contributed by atoms with Crippen molar-refractivity contribution >= 4 is 0 Å². The van der Waals surface area contributed by atoms with Gasteiger partial charge in [0.05, 0.1) is 5.92 Å². The Kier molecular flexibility index (Phi) is 1.82. The average Bonchev–Trinajstić information content (AvgIpc) is 2.62.